The molecule has 1 aromatic rings. The van der Waals surface area contributed by atoms with E-state index in [9.17, 15) is 0 Å². The molecule has 1 saturated heterocycles. The van der Waals surface area contributed by atoms with Crippen molar-refractivity contribution in [1.29, 1.82) is 0 Å². The first-order valence-corrected chi connectivity index (χ1v) is 6.31. The van der Waals surface area contributed by atoms with Crippen LogP contribution in [0.4, 0.5) is 0 Å². The quantitative estimate of drug-likeness (QED) is 0.623. The van der Waals surface area contributed by atoms with Crippen molar-refractivity contribution >= 4 is 17.3 Å². The molecule has 2 rings (SSSR count). The van der Waals surface area contributed by atoms with Crippen LogP contribution in [0.5, 0.6) is 0 Å². The summed E-state index contributed by atoms with van der Waals surface area (Å²) in [5, 5.41) is 2.09. The van der Waals surface area contributed by atoms with E-state index < -0.39 is 0 Å². The second-order valence-electron chi connectivity index (χ2n) is 3.80. The number of hydrogen-bond acceptors (Lipinski definition) is 3. The highest BCUT2D eigenvalue weighted by Crippen LogP contribution is 2.16. The van der Waals surface area contributed by atoms with Crippen molar-refractivity contribution in [1.82, 2.24) is 4.90 Å². The molecule has 88 valence electrons. The number of ether oxygens (including phenoxy) is 1. The maximum Gasteiger partial charge on any atom is 0.191 e. The minimum Gasteiger partial charge on any atom is -0.378 e. The summed E-state index contributed by atoms with van der Waals surface area (Å²) in [4.78, 5) is 7.79. The van der Waals surface area contributed by atoms with Crippen molar-refractivity contribution in [2.45, 2.75) is 13.5 Å². The predicted molar refractivity (Wildman–Crippen MR) is 66.8 cm³/mol. The van der Waals surface area contributed by atoms with Gasteiger partial charge in [-0.15, -0.1) is 11.3 Å². The standard InChI is InChI=1S/C11H17N3OS/c1-9-2-7-16-10(9)8-13-11(12)14-3-5-15-6-4-14/h2,7H,3-6,8H2,1H3,(H2,12,13). The highest BCUT2D eigenvalue weighted by Gasteiger charge is 2.12. The summed E-state index contributed by atoms with van der Waals surface area (Å²) in [6, 6.07) is 2.11. The van der Waals surface area contributed by atoms with Crippen LogP contribution in [0.2, 0.25) is 0 Å². The SMILES string of the molecule is Cc1ccsc1CN=C(N)N1CCOCC1. The van der Waals surface area contributed by atoms with Crippen LogP contribution in [0, 0.1) is 6.92 Å². The Kier molecular flexibility index (Phi) is 3.79. The molecule has 0 radical (unpaired) electrons. The molecule has 0 saturated carbocycles. The van der Waals surface area contributed by atoms with Crippen LogP contribution in [0.25, 0.3) is 0 Å². The van der Waals surface area contributed by atoms with Crippen LogP contribution in [0.3, 0.4) is 0 Å². The molecule has 0 bridgehead atoms. The summed E-state index contributed by atoms with van der Waals surface area (Å²) >= 11 is 1.73. The van der Waals surface area contributed by atoms with Gasteiger partial charge in [0.2, 0.25) is 0 Å². The fourth-order valence-corrected chi connectivity index (χ4v) is 2.44. The number of rotatable bonds is 2. The normalized spacial score (nSPS) is 17.8. The molecule has 4 nitrogen and oxygen atoms in total. The second kappa shape index (κ2) is 5.32. The van der Waals surface area contributed by atoms with Crippen LogP contribution in [0.1, 0.15) is 10.4 Å². The number of aliphatic imine (C=N–C) groups is 1. The molecule has 1 aromatic heterocycles. The molecule has 1 fully saturated rings. The van der Waals surface area contributed by atoms with Crippen molar-refractivity contribution < 1.29 is 4.74 Å². The van der Waals surface area contributed by atoms with Crippen molar-refractivity contribution in [2.75, 3.05) is 26.3 Å². The lowest BCUT2D eigenvalue weighted by molar-refractivity contribution is 0.0674. The van der Waals surface area contributed by atoms with Gasteiger partial charge >= 0.3 is 0 Å². The lowest BCUT2D eigenvalue weighted by Crippen LogP contribution is -2.44. The van der Waals surface area contributed by atoms with Gasteiger partial charge in [0.25, 0.3) is 0 Å². The highest BCUT2D eigenvalue weighted by molar-refractivity contribution is 7.10. The van der Waals surface area contributed by atoms with Gasteiger partial charge in [0.15, 0.2) is 5.96 Å². The first-order chi connectivity index (χ1) is 7.77. The lowest BCUT2D eigenvalue weighted by atomic mass is 10.3. The Labute approximate surface area is 99.7 Å². The van der Waals surface area contributed by atoms with Gasteiger partial charge in [-0.05, 0) is 23.9 Å². The summed E-state index contributed by atoms with van der Waals surface area (Å²) in [5.74, 6) is 0.635. The van der Waals surface area contributed by atoms with E-state index in [0.717, 1.165) is 26.3 Å². The third kappa shape index (κ3) is 2.74. The van der Waals surface area contributed by atoms with Gasteiger partial charge in [-0.3, -0.25) is 0 Å². The van der Waals surface area contributed by atoms with Crippen molar-refractivity contribution in [3.63, 3.8) is 0 Å². The van der Waals surface area contributed by atoms with E-state index in [0.29, 0.717) is 12.5 Å². The van der Waals surface area contributed by atoms with Crippen LogP contribution >= 0.6 is 11.3 Å². The van der Waals surface area contributed by atoms with Gasteiger partial charge in [0.05, 0.1) is 19.8 Å². The van der Waals surface area contributed by atoms with Crippen molar-refractivity contribution in [2.24, 2.45) is 10.7 Å². The molecular formula is C11H17N3OS. The second-order valence-corrected chi connectivity index (χ2v) is 4.80. The maximum absolute atomic E-state index is 5.94. The third-order valence-corrected chi connectivity index (χ3v) is 3.70. The number of nitrogens with zero attached hydrogens (tertiary/aromatic N) is 2. The molecule has 2 N–H and O–H groups in total. The van der Waals surface area contributed by atoms with E-state index in [1.54, 1.807) is 11.3 Å². The number of morpholine rings is 1. The molecule has 0 spiro atoms. The smallest absolute Gasteiger partial charge is 0.191 e. The third-order valence-electron chi connectivity index (χ3n) is 2.69. The molecule has 0 atom stereocenters. The average Bonchev–Trinajstić information content (AvgIpc) is 2.73. The number of hydrogen-bond donors (Lipinski definition) is 1. The fourth-order valence-electron chi connectivity index (χ4n) is 1.61. The van der Waals surface area contributed by atoms with Crippen LogP contribution in [-0.4, -0.2) is 37.2 Å². The zero-order chi connectivity index (χ0) is 11.4. The Bertz CT molecular complexity index is 369. The summed E-state index contributed by atoms with van der Waals surface area (Å²) in [7, 11) is 0. The first kappa shape index (κ1) is 11.4. The molecular weight excluding hydrogens is 222 g/mol. The Hall–Kier alpha value is -1.07. The Morgan fingerprint density at radius 3 is 2.94 bits per heavy atom. The van der Waals surface area contributed by atoms with E-state index in [4.69, 9.17) is 10.5 Å². The zero-order valence-corrected chi connectivity index (χ0v) is 10.3. The summed E-state index contributed by atoms with van der Waals surface area (Å²) < 4.78 is 5.27. The molecule has 1 aliphatic rings. The van der Waals surface area contributed by atoms with E-state index in [1.165, 1.54) is 10.4 Å². The fraction of sp³-hybridized carbons (Fsp3) is 0.545. The van der Waals surface area contributed by atoms with Gasteiger partial charge < -0.3 is 15.4 Å². The summed E-state index contributed by atoms with van der Waals surface area (Å²) in [6.07, 6.45) is 0. The van der Waals surface area contributed by atoms with Gasteiger partial charge in [0, 0.05) is 18.0 Å². The molecule has 0 aliphatic carbocycles. The highest BCUT2D eigenvalue weighted by atomic mass is 32.1. The number of guanidine groups is 1. The predicted octanol–water partition coefficient (Wildman–Crippen LogP) is 1.20. The first-order valence-electron chi connectivity index (χ1n) is 5.43. The Morgan fingerprint density at radius 1 is 1.56 bits per heavy atom. The van der Waals surface area contributed by atoms with E-state index in [-0.39, 0.29) is 0 Å². The van der Waals surface area contributed by atoms with Crippen molar-refractivity contribution in [3.05, 3.63) is 21.9 Å². The number of nitrogens with two attached hydrogens (primary N) is 1. The van der Waals surface area contributed by atoms with E-state index >= 15 is 0 Å². The van der Waals surface area contributed by atoms with Gasteiger partial charge in [-0.25, -0.2) is 4.99 Å². The minimum absolute atomic E-state index is 0.635. The van der Waals surface area contributed by atoms with Crippen molar-refractivity contribution in [3.8, 4) is 0 Å². The maximum atomic E-state index is 5.94. The summed E-state index contributed by atoms with van der Waals surface area (Å²) in [6.45, 7) is 5.97. The van der Waals surface area contributed by atoms with Crippen LogP contribution in [0.15, 0.2) is 16.4 Å². The molecule has 1 aliphatic heterocycles. The lowest BCUT2D eigenvalue weighted by Gasteiger charge is -2.27. The zero-order valence-electron chi connectivity index (χ0n) is 9.48. The topological polar surface area (TPSA) is 50.8 Å². The Balaban J connectivity index is 1.93. The largest absolute Gasteiger partial charge is 0.378 e. The van der Waals surface area contributed by atoms with Crippen LogP contribution in [-0.2, 0) is 11.3 Å². The molecule has 16 heavy (non-hydrogen) atoms. The minimum atomic E-state index is 0.635. The molecule has 0 unspecified atom stereocenters. The van der Waals surface area contributed by atoms with E-state index in [2.05, 4.69) is 28.3 Å². The van der Waals surface area contributed by atoms with Crippen LogP contribution < -0.4 is 5.73 Å². The number of thiophene rings is 1. The molecule has 2 heterocycles. The summed E-state index contributed by atoms with van der Waals surface area (Å²) in [5.41, 5.74) is 7.24. The molecule has 0 amide bonds. The molecule has 0 aromatic carbocycles. The number of aryl methyl sites for hydroxylation is 1. The monoisotopic (exact) mass is 239 g/mol. The van der Waals surface area contributed by atoms with Gasteiger partial charge in [0.1, 0.15) is 0 Å². The Morgan fingerprint density at radius 2 is 2.31 bits per heavy atom. The average molecular weight is 239 g/mol. The van der Waals surface area contributed by atoms with E-state index in [1.807, 2.05) is 0 Å². The molecule has 5 heteroatoms. The van der Waals surface area contributed by atoms with Gasteiger partial charge in [-0.1, -0.05) is 0 Å². The van der Waals surface area contributed by atoms with Gasteiger partial charge in [-0.2, -0.15) is 0 Å².